The average molecular weight is 367 g/mol. The van der Waals surface area contributed by atoms with E-state index in [1.54, 1.807) is 6.26 Å². The third-order valence-corrected chi connectivity index (χ3v) is 5.50. The molecule has 0 radical (unpaired) electrons. The van der Waals surface area contributed by atoms with Crippen LogP contribution in [0, 0.1) is 0 Å². The number of hydrogen-bond donors (Lipinski definition) is 0. The number of nitrogens with zero attached hydrogens (tertiary/aromatic N) is 3. The Balaban J connectivity index is 1.28. The zero-order chi connectivity index (χ0) is 17.8. The third-order valence-electron chi connectivity index (χ3n) is 4.59. The van der Waals surface area contributed by atoms with E-state index in [2.05, 4.69) is 34.1 Å². The van der Waals surface area contributed by atoms with Gasteiger partial charge in [-0.05, 0) is 17.7 Å². The fourth-order valence-corrected chi connectivity index (χ4v) is 3.95. The zero-order valence-corrected chi connectivity index (χ0v) is 15.3. The second-order valence-corrected chi connectivity index (χ2v) is 7.30. The lowest BCUT2D eigenvalue weighted by molar-refractivity contribution is -0.132. The first-order chi connectivity index (χ1) is 12.8. The standard InChI is InChI=1S/C20H21N3O2S/c24-19(13-17-15-26-20(21-17)18-7-4-12-25-18)23-10-8-22(9-11-23)14-16-5-2-1-3-6-16/h1-7,12,15H,8-11,13-14H2. The Hall–Kier alpha value is -2.44. The fourth-order valence-electron chi connectivity index (χ4n) is 3.17. The van der Waals surface area contributed by atoms with Gasteiger partial charge in [0.2, 0.25) is 5.91 Å². The van der Waals surface area contributed by atoms with Crippen LogP contribution in [-0.4, -0.2) is 46.9 Å². The van der Waals surface area contributed by atoms with Crippen LogP contribution < -0.4 is 0 Å². The average Bonchev–Trinajstić information content (AvgIpc) is 3.35. The Morgan fingerprint density at radius 1 is 1.08 bits per heavy atom. The number of aromatic nitrogens is 1. The van der Waals surface area contributed by atoms with Crippen LogP contribution in [0.5, 0.6) is 0 Å². The first-order valence-corrected chi connectivity index (χ1v) is 9.68. The third kappa shape index (κ3) is 4.03. The van der Waals surface area contributed by atoms with Crippen LogP contribution in [-0.2, 0) is 17.8 Å². The van der Waals surface area contributed by atoms with Crippen molar-refractivity contribution in [3.63, 3.8) is 0 Å². The molecule has 0 N–H and O–H groups in total. The highest BCUT2D eigenvalue weighted by Crippen LogP contribution is 2.24. The van der Waals surface area contributed by atoms with Crippen LogP contribution in [0.15, 0.2) is 58.5 Å². The van der Waals surface area contributed by atoms with E-state index in [0.717, 1.165) is 49.2 Å². The topological polar surface area (TPSA) is 49.6 Å². The van der Waals surface area contributed by atoms with E-state index in [1.165, 1.54) is 16.9 Å². The van der Waals surface area contributed by atoms with E-state index in [1.807, 2.05) is 28.5 Å². The lowest BCUT2D eigenvalue weighted by atomic mass is 10.2. The molecule has 2 aromatic heterocycles. The maximum Gasteiger partial charge on any atom is 0.228 e. The van der Waals surface area contributed by atoms with Gasteiger partial charge >= 0.3 is 0 Å². The summed E-state index contributed by atoms with van der Waals surface area (Å²) in [6.07, 6.45) is 1.99. The van der Waals surface area contributed by atoms with Crippen molar-refractivity contribution in [1.82, 2.24) is 14.8 Å². The highest BCUT2D eigenvalue weighted by Gasteiger charge is 2.22. The molecule has 0 spiro atoms. The van der Waals surface area contributed by atoms with Gasteiger partial charge in [-0.1, -0.05) is 30.3 Å². The molecule has 3 heterocycles. The van der Waals surface area contributed by atoms with Crippen LogP contribution in [0.4, 0.5) is 0 Å². The number of benzene rings is 1. The van der Waals surface area contributed by atoms with Crippen LogP contribution >= 0.6 is 11.3 Å². The minimum atomic E-state index is 0.153. The summed E-state index contributed by atoms with van der Waals surface area (Å²) in [5, 5.41) is 2.77. The van der Waals surface area contributed by atoms with Crippen molar-refractivity contribution in [2.75, 3.05) is 26.2 Å². The summed E-state index contributed by atoms with van der Waals surface area (Å²) in [5.74, 6) is 0.906. The summed E-state index contributed by atoms with van der Waals surface area (Å²) in [7, 11) is 0. The molecule has 5 nitrogen and oxygen atoms in total. The monoisotopic (exact) mass is 367 g/mol. The smallest absolute Gasteiger partial charge is 0.228 e. The Bertz CT molecular complexity index is 837. The minimum Gasteiger partial charge on any atom is -0.462 e. The fraction of sp³-hybridized carbons (Fsp3) is 0.300. The van der Waals surface area contributed by atoms with Crippen molar-refractivity contribution in [3.05, 3.63) is 65.4 Å². The first kappa shape index (κ1) is 17.0. The van der Waals surface area contributed by atoms with Crippen molar-refractivity contribution >= 4 is 17.2 Å². The molecule has 1 amide bonds. The van der Waals surface area contributed by atoms with Crippen molar-refractivity contribution in [3.8, 4) is 10.8 Å². The summed E-state index contributed by atoms with van der Waals surface area (Å²) in [5.41, 5.74) is 2.14. The number of amides is 1. The molecule has 134 valence electrons. The highest BCUT2D eigenvalue weighted by atomic mass is 32.1. The second kappa shape index (κ2) is 7.85. The maximum absolute atomic E-state index is 12.6. The molecule has 26 heavy (non-hydrogen) atoms. The molecule has 0 bridgehead atoms. The summed E-state index contributed by atoms with van der Waals surface area (Å²) in [6, 6.07) is 14.2. The van der Waals surface area contributed by atoms with Crippen molar-refractivity contribution in [1.29, 1.82) is 0 Å². The second-order valence-electron chi connectivity index (χ2n) is 6.44. The summed E-state index contributed by atoms with van der Waals surface area (Å²) >= 11 is 1.51. The Kier molecular flexibility index (Phi) is 5.13. The van der Waals surface area contributed by atoms with E-state index in [9.17, 15) is 4.79 Å². The summed E-state index contributed by atoms with van der Waals surface area (Å²) < 4.78 is 5.36. The van der Waals surface area contributed by atoms with Crippen LogP contribution in [0.3, 0.4) is 0 Å². The molecule has 1 fully saturated rings. The van der Waals surface area contributed by atoms with E-state index in [0.29, 0.717) is 6.42 Å². The van der Waals surface area contributed by atoms with Gasteiger partial charge in [0.15, 0.2) is 10.8 Å². The van der Waals surface area contributed by atoms with Gasteiger partial charge in [-0.25, -0.2) is 4.98 Å². The molecular formula is C20H21N3O2S. The summed E-state index contributed by atoms with van der Waals surface area (Å²) in [6.45, 7) is 4.33. The van der Waals surface area contributed by atoms with Gasteiger partial charge in [0.25, 0.3) is 0 Å². The number of thiazole rings is 1. The molecular weight excluding hydrogens is 346 g/mol. The van der Waals surface area contributed by atoms with E-state index < -0.39 is 0 Å². The minimum absolute atomic E-state index is 0.153. The lowest BCUT2D eigenvalue weighted by Gasteiger charge is -2.34. The highest BCUT2D eigenvalue weighted by molar-refractivity contribution is 7.13. The number of carbonyl (C=O) groups is 1. The number of carbonyl (C=O) groups excluding carboxylic acids is 1. The Morgan fingerprint density at radius 3 is 2.62 bits per heavy atom. The van der Waals surface area contributed by atoms with Gasteiger partial charge in [-0.2, -0.15) is 0 Å². The van der Waals surface area contributed by atoms with Crippen LogP contribution in [0.2, 0.25) is 0 Å². The quantitative estimate of drug-likeness (QED) is 0.694. The summed E-state index contributed by atoms with van der Waals surface area (Å²) in [4.78, 5) is 21.5. The number of rotatable bonds is 5. The van der Waals surface area contributed by atoms with Crippen molar-refractivity contribution < 1.29 is 9.21 Å². The molecule has 6 heteroatoms. The van der Waals surface area contributed by atoms with Gasteiger partial charge < -0.3 is 9.32 Å². The predicted molar refractivity (Wildman–Crippen MR) is 102 cm³/mol. The van der Waals surface area contributed by atoms with Crippen molar-refractivity contribution in [2.24, 2.45) is 0 Å². The number of piperazine rings is 1. The van der Waals surface area contributed by atoms with Gasteiger partial charge in [-0.15, -0.1) is 11.3 Å². The molecule has 0 aliphatic carbocycles. The zero-order valence-electron chi connectivity index (χ0n) is 14.5. The van der Waals surface area contributed by atoms with E-state index in [-0.39, 0.29) is 5.91 Å². The van der Waals surface area contributed by atoms with Gasteiger partial charge in [0, 0.05) is 38.1 Å². The van der Waals surface area contributed by atoms with E-state index in [4.69, 9.17) is 4.42 Å². The largest absolute Gasteiger partial charge is 0.462 e. The molecule has 0 saturated carbocycles. The van der Waals surface area contributed by atoms with Crippen LogP contribution in [0.25, 0.3) is 10.8 Å². The predicted octanol–water partition coefficient (Wildman–Crippen LogP) is 3.29. The molecule has 3 aromatic rings. The molecule has 4 rings (SSSR count). The molecule has 1 aromatic carbocycles. The SMILES string of the molecule is O=C(Cc1csc(-c2ccco2)n1)N1CCN(Cc2ccccc2)CC1. The Morgan fingerprint density at radius 2 is 1.88 bits per heavy atom. The molecule has 1 aliphatic rings. The van der Waals surface area contributed by atoms with Crippen LogP contribution in [0.1, 0.15) is 11.3 Å². The van der Waals surface area contributed by atoms with E-state index >= 15 is 0 Å². The molecule has 0 atom stereocenters. The van der Waals surface area contributed by atoms with Crippen molar-refractivity contribution in [2.45, 2.75) is 13.0 Å². The molecule has 1 aliphatic heterocycles. The maximum atomic E-state index is 12.6. The Labute approximate surface area is 156 Å². The number of furan rings is 1. The van der Waals surface area contributed by atoms with Gasteiger partial charge in [-0.3, -0.25) is 9.69 Å². The lowest BCUT2D eigenvalue weighted by Crippen LogP contribution is -2.48. The molecule has 0 unspecified atom stereocenters. The van der Waals surface area contributed by atoms with Gasteiger partial charge in [0.05, 0.1) is 18.4 Å². The van der Waals surface area contributed by atoms with Gasteiger partial charge in [0.1, 0.15) is 0 Å². The molecule has 1 saturated heterocycles. The number of hydrogen-bond acceptors (Lipinski definition) is 5. The first-order valence-electron chi connectivity index (χ1n) is 8.80. The normalized spacial score (nSPS) is 15.3.